The minimum absolute atomic E-state index is 0.136. The molecule has 0 atom stereocenters. The second kappa shape index (κ2) is 6.53. The van der Waals surface area contributed by atoms with E-state index in [4.69, 9.17) is 0 Å². The van der Waals surface area contributed by atoms with Crippen LogP contribution < -0.4 is 10.6 Å². The molecule has 2 N–H and O–H groups in total. The molecule has 102 valence electrons. The minimum atomic E-state index is -0.938. The van der Waals surface area contributed by atoms with E-state index in [1.54, 1.807) is 32.0 Å². The van der Waals surface area contributed by atoms with Gasteiger partial charge < -0.3 is 15.4 Å². The highest BCUT2D eigenvalue weighted by Crippen LogP contribution is 2.23. The lowest BCUT2D eigenvalue weighted by Crippen LogP contribution is -2.25. The Hall–Kier alpha value is -2.37. The SMILES string of the molecule is CCOC(=O)C(=O)Nc1cccc(NC(C)=O)c1C. The summed E-state index contributed by atoms with van der Waals surface area (Å²) in [4.78, 5) is 33.8. The van der Waals surface area contributed by atoms with Gasteiger partial charge in [0, 0.05) is 18.3 Å². The first-order valence-corrected chi connectivity index (χ1v) is 5.81. The van der Waals surface area contributed by atoms with Crippen molar-refractivity contribution in [1.82, 2.24) is 0 Å². The summed E-state index contributed by atoms with van der Waals surface area (Å²) in [6, 6.07) is 5.01. The zero-order valence-corrected chi connectivity index (χ0v) is 11.1. The molecule has 1 aromatic carbocycles. The van der Waals surface area contributed by atoms with E-state index in [-0.39, 0.29) is 12.5 Å². The number of benzene rings is 1. The summed E-state index contributed by atoms with van der Waals surface area (Å²) < 4.78 is 4.59. The van der Waals surface area contributed by atoms with E-state index < -0.39 is 11.9 Å². The van der Waals surface area contributed by atoms with Gasteiger partial charge in [0.2, 0.25) is 5.91 Å². The molecule has 0 aliphatic carbocycles. The van der Waals surface area contributed by atoms with Gasteiger partial charge in [-0.05, 0) is 31.5 Å². The van der Waals surface area contributed by atoms with Crippen LogP contribution in [0.4, 0.5) is 11.4 Å². The molecular formula is C13H16N2O4. The quantitative estimate of drug-likeness (QED) is 0.639. The average Bonchev–Trinajstić information content (AvgIpc) is 2.34. The van der Waals surface area contributed by atoms with E-state index in [0.717, 1.165) is 0 Å². The number of carbonyl (C=O) groups excluding carboxylic acids is 3. The summed E-state index contributed by atoms with van der Waals surface area (Å²) >= 11 is 0. The molecule has 0 aromatic heterocycles. The van der Waals surface area contributed by atoms with Gasteiger partial charge in [-0.1, -0.05) is 6.07 Å². The second-order valence-corrected chi connectivity index (χ2v) is 3.83. The molecule has 19 heavy (non-hydrogen) atoms. The Morgan fingerprint density at radius 1 is 1.16 bits per heavy atom. The summed E-state index contributed by atoms with van der Waals surface area (Å²) in [5.74, 6) is -1.99. The molecule has 1 aromatic rings. The summed E-state index contributed by atoms with van der Waals surface area (Å²) in [6.07, 6.45) is 0. The number of rotatable bonds is 3. The van der Waals surface area contributed by atoms with Gasteiger partial charge in [-0.2, -0.15) is 0 Å². The fourth-order valence-electron chi connectivity index (χ4n) is 1.47. The van der Waals surface area contributed by atoms with Gasteiger partial charge in [0.15, 0.2) is 0 Å². The van der Waals surface area contributed by atoms with Crippen LogP contribution in [0.25, 0.3) is 0 Å². The maximum absolute atomic E-state index is 11.5. The van der Waals surface area contributed by atoms with E-state index in [1.807, 2.05) is 0 Å². The van der Waals surface area contributed by atoms with Gasteiger partial charge >= 0.3 is 11.9 Å². The van der Waals surface area contributed by atoms with Crippen molar-refractivity contribution in [2.45, 2.75) is 20.8 Å². The Labute approximate surface area is 111 Å². The van der Waals surface area contributed by atoms with Crippen LogP contribution in [-0.4, -0.2) is 24.4 Å². The van der Waals surface area contributed by atoms with Gasteiger partial charge in [-0.15, -0.1) is 0 Å². The average molecular weight is 264 g/mol. The number of carbonyl (C=O) groups is 3. The predicted molar refractivity (Wildman–Crippen MR) is 70.7 cm³/mol. The molecule has 0 heterocycles. The van der Waals surface area contributed by atoms with E-state index in [2.05, 4.69) is 15.4 Å². The molecule has 0 fully saturated rings. The maximum Gasteiger partial charge on any atom is 0.397 e. The van der Waals surface area contributed by atoms with Crippen LogP contribution in [0.2, 0.25) is 0 Å². The van der Waals surface area contributed by atoms with Gasteiger partial charge in [0.25, 0.3) is 0 Å². The molecule has 1 rings (SSSR count). The first-order valence-electron chi connectivity index (χ1n) is 5.81. The monoisotopic (exact) mass is 264 g/mol. The first kappa shape index (κ1) is 14.7. The Morgan fingerprint density at radius 3 is 2.26 bits per heavy atom. The zero-order valence-electron chi connectivity index (χ0n) is 11.1. The van der Waals surface area contributed by atoms with Gasteiger partial charge in [-0.3, -0.25) is 9.59 Å². The Morgan fingerprint density at radius 2 is 1.74 bits per heavy atom. The normalized spacial score (nSPS) is 9.63. The molecule has 0 spiro atoms. The maximum atomic E-state index is 11.5. The van der Waals surface area contributed by atoms with Crippen LogP contribution in [-0.2, 0) is 19.1 Å². The molecule has 0 aliphatic heterocycles. The molecule has 6 heteroatoms. The Kier molecular flexibility index (Phi) is 5.05. The molecule has 0 radical (unpaired) electrons. The number of hydrogen-bond donors (Lipinski definition) is 2. The topological polar surface area (TPSA) is 84.5 Å². The highest BCUT2D eigenvalue weighted by Gasteiger charge is 2.16. The number of esters is 1. The van der Waals surface area contributed by atoms with Crippen LogP contribution in [0, 0.1) is 6.92 Å². The fraction of sp³-hybridized carbons (Fsp3) is 0.308. The standard InChI is InChI=1S/C13H16N2O4/c1-4-19-13(18)12(17)15-11-7-5-6-10(8(11)2)14-9(3)16/h5-7H,4H2,1-3H3,(H,14,16)(H,15,17). The fourth-order valence-corrected chi connectivity index (χ4v) is 1.47. The molecule has 2 amide bonds. The van der Waals surface area contributed by atoms with Crippen molar-refractivity contribution in [2.24, 2.45) is 0 Å². The smallest absolute Gasteiger partial charge is 0.397 e. The number of hydrogen-bond acceptors (Lipinski definition) is 4. The third kappa shape index (κ3) is 4.09. The van der Waals surface area contributed by atoms with Crippen LogP contribution >= 0.6 is 0 Å². The number of nitrogens with one attached hydrogen (secondary N) is 2. The van der Waals surface area contributed by atoms with Crippen molar-refractivity contribution in [1.29, 1.82) is 0 Å². The largest absolute Gasteiger partial charge is 0.459 e. The molecule has 6 nitrogen and oxygen atoms in total. The van der Waals surface area contributed by atoms with E-state index in [0.29, 0.717) is 16.9 Å². The van der Waals surface area contributed by atoms with Crippen LogP contribution in [0.3, 0.4) is 0 Å². The third-order valence-electron chi connectivity index (χ3n) is 2.35. The molecule has 0 unspecified atom stereocenters. The van der Waals surface area contributed by atoms with E-state index in [1.165, 1.54) is 6.92 Å². The molecule has 0 saturated carbocycles. The van der Waals surface area contributed by atoms with Crippen molar-refractivity contribution < 1.29 is 19.1 Å². The summed E-state index contributed by atoms with van der Waals surface area (Å²) in [5.41, 5.74) is 1.69. The lowest BCUT2D eigenvalue weighted by molar-refractivity contribution is -0.152. The van der Waals surface area contributed by atoms with Crippen molar-refractivity contribution in [3.63, 3.8) is 0 Å². The molecule has 0 saturated heterocycles. The van der Waals surface area contributed by atoms with Crippen molar-refractivity contribution in [2.75, 3.05) is 17.2 Å². The van der Waals surface area contributed by atoms with E-state index in [9.17, 15) is 14.4 Å². The van der Waals surface area contributed by atoms with Gasteiger partial charge in [0.1, 0.15) is 0 Å². The number of amides is 2. The van der Waals surface area contributed by atoms with Crippen LogP contribution in [0.1, 0.15) is 19.4 Å². The van der Waals surface area contributed by atoms with E-state index >= 15 is 0 Å². The van der Waals surface area contributed by atoms with Crippen molar-refractivity contribution >= 4 is 29.2 Å². The number of ether oxygens (including phenoxy) is 1. The zero-order chi connectivity index (χ0) is 14.4. The van der Waals surface area contributed by atoms with Crippen LogP contribution in [0.5, 0.6) is 0 Å². The molecule has 0 aliphatic rings. The Bertz CT molecular complexity index is 511. The summed E-state index contributed by atoms with van der Waals surface area (Å²) in [6.45, 7) is 4.88. The molecular weight excluding hydrogens is 248 g/mol. The molecule has 0 bridgehead atoms. The Balaban J connectivity index is 2.87. The second-order valence-electron chi connectivity index (χ2n) is 3.83. The summed E-state index contributed by atoms with van der Waals surface area (Å²) in [7, 11) is 0. The lowest BCUT2D eigenvalue weighted by Gasteiger charge is -2.12. The first-order chi connectivity index (χ1) is 8.95. The van der Waals surface area contributed by atoms with Crippen LogP contribution in [0.15, 0.2) is 18.2 Å². The predicted octanol–water partition coefficient (Wildman–Crippen LogP) is 1.46. The minimum Gasteiger partial charge on any atom is -0.459 e. The van der Waals surface area contributed by atoms with Crippen molar-refractivity contribution in [3.8, 4) is 0 Å². The third-order valence-corrected chi connectivity index (χ3v) is 2.35. The van der Waals surface area contributed by atoms with Gasteiger partial charge in [0.05, 0.1) is 6.61 Å². The summed E-state index contributed by atoms with van der Waals surface area (Å²) in [5, 5.41) is 5.08. The van der Waals surface area contributed by atoms with Crippen molar-refractivity contribution in [3.05, 3.63) is 23.8 Å². The lowest BCUT2D eigenvalue weighted by atomic mass is 10.1. The number of anilines is 2. The highest BCUT2D eigenvalue weighted by molar-refractivity contribution is 6.37. The van der Waals surface area contributed by atoms with Gasteiger partial charge in [-0.25, -0.2) is 4.79 Å². The highest BCUT2D eigenvalue weighted by atomic mass is 16.5.